The van der Waals surface area contributed by atoms with Gasteiger partial charge in [-0.15, -0.1) is 12.4 Å². The van der Waals surface area contributed by atoms with Crippen molar-refractivity contribution in [1.82, 2.24) is 5.32 Å². The van der Waals surface area contributed by atoms with Crippen LogP contribution < -0.4 is 10.1 Å². The maximum absolute atomic E-state index is 9.97. The van der Waals surface area contributed by atoms with Gasteiger partial charge in [-0.25, -0.2) is 0 Å². The third-order valence-corrected chi connectivity index (χ3v) is 3.63. The van der Waals surface area contributed by atoms with Crippen LogP contribution in [-0.2, 0) is 4.74 Å². The Morgan fingerprint density at radius 2 is 2.05 bits per heavy atom. The standard InChI is InChI=1S/C16H25NO3.ClH/c1-12-3-4-16(13(2)9-12)20-11-15(18)10-17-14-5-7-19-8-6-14;/h3-4,9,14-15,17-18H,5-8,10-11H2,1-2H3;1H. The number of rotatable bonds is 6. The minimum atomic E-state index is -0.487. The lowest BCUT2D eigenvalue weighted by Crippen LogP contribution is -2.40. The second kappa shape index (κ2) is 9.26. The summed E-state index contributed by atoms with van der Waals surface area (Å²) in [5.74, 6) is 0.848. The first kappa shape index (κ1) is 18.2. The summed E-state index contributed by atoms with van der Waals surface area (Å²) in [7, 11) is 0. The summed E-state index contributed by atoms with van der Waals surface area (Å²) in [5.41, 5.74) is 2.33. The molecule has 1 atom stereocenters. The van der Waals surface area contributed by atoms with Gasteiger partial charge in [-0.05, 0) is 38.3 Å². The third-order valence-electron chi connectivity index (χ3n) is 3.63. The molecule has 0 amide bonds. The summed E-state index contributed by atoms with van der Waals surface area (Å²) in [4.78, 5) is 0. The number of benzene rings is 1. The lowest BCUT2D eigenvalue weighted by atomic mass is 10.1. The molecule has 0 spiro atoms. The Balaban J connectivity index is 0.00000220. The van der Waals surface area contributed by atoms with Crippen molar-refractivity contribution in [2.45, 2.75) is 38.8 Å². The molecule has 0 saturated carbocycles. The van der Waals surface area contributed by atoms with E-state index in [1.54, 1.807) is 0 Å². The Labute approximate surface area is 133 Å². The van der Waals surface area contributed by atoms with Crippen molar-refractivity contribution in [3.8, 4) is 5.75 Å². The fourth-order valence-corrected chi connectivity index (χ4v) is 2.41. The molecule has 1 unspecified atom stereocenters. The summed E-state index contributed by atoms with van der Waals surface area (Å²) in [6.45, 7) is 6.59. The molecule has 5 heteroatoms. The van der Waals surface area contributed by atoms with Gasteiger partial charge in [0.05, 0.1) is 0 Å². The van der Waals surface area contributed by atoms with Gasteiger partial charge in [0.15, 0.2) is 0 Å². The maximum atomic E-state index is 9.97. The van der Waals surface area contributed by atoms with Crippen LogP contribution in [0.2, 0.25) is 0 Å². The molecule has 0 bridgehead atoms. The molecule has 1 saturated heterocycles. The van der Waals surface area contributed by atoms with Crippen molar-refractivity contribution < 1.29 is 14.6 Å². The smallest absolute Gasteiger partial charge is 0.122 e. The molecule has 1 aliphatic heterocycles. The molecule has 1 aromatic carbocycles. The molecule has 0 aliphatic carbocycles. The van der Waals surface area contributed by atoms with E-state index in [1.807, 2.05) is 19.1 Å². The van der Waals surface area contributed by atoms with Gasteiger partial charge in [0.25, 0.3) is 0 Å². The van der Waals surface area contributed by atoms with Crippen molar-refractivity contribution in [1.29, 1.82) is 0 Å². The van der Waals surface area contributed by atoms with E-state index < -0.39 is 6.10 Å². The first-order valence-corrected chi connectivity index (χ1v) is 7.34. The molecule has 0 radical (unpaired) electrons. The van der Waals surface area contributed by atoms with Gasteiger partial charge in [0.2, 0.25) is 0 Å². The quantitative estimate of drug-likeness (QED) is 0.845. The zero-order chi connectivity index (χ0) is 14.4. The highest BCUT2D eigenvalue weighted by Crippen LogP contribution is 2.18. The first-order valence-electron chi connectivity index (χ1n) is 7.34. The SMILES string of the molecule is Cc1ccc(OCC(O)CNC2CCOCC2)c(C)c1.Cl. The van der Waals surface area contributed by atoms with E-state index in [1.165, 1.54) is 5.56 Å². The summed E-state index contributed by atoms with van der Waals surface area (Å²) < 4.78 is 11.0. The van der Waals surface area contributed by atoms with Crippen LogP contribution in [0.4, 0.5) is 0 Å². The zero-order valence-electron chi connectivity index (χ0n) is 12.8. The zero-order valence-corrected chi connectivity index (χ0v) is 13.6. The normalized spacial score (nSPS) is 17.1. The van der Waals surface area contributed by atoms with Crippen LogP contribution in [0.25, 0.3) is 0 Å². The minimum Gasteiger partial charge on any atom is -0.491 e. The molecular weight excluding hydrogens is 290 g/mol. The molecule has 1 fully saturated rings. The largest absolute Gasteiger partial charge is 0.491 e. The van der Waals surface area contributed by atoms with Crippen molar-refractivity contribution in [2.75, 3.05) is 26.4 Å². The Morgan fingerprint density at radius 3 is 2.71 bits per heavy atom. The average Bonchev–Trinajstić information content (AvgIpc) is 2.45. The number of hydrogen-bond donors (Lipinski definition) is 2. The van der Waals surface area contributed by atoms with E-state index in [0.29, 0.717) is 19.2 Å². The highest BCUT2D eigenvalue weighted by molar-refractivity contribution is 5.85. The van der Waals surface area contributed by atoms with Gasteiger partial charge in [0, 0.05) is 25.8 Å². The fourth-order valence-electron chi connectivity index (χ4n) is 2.41. The van der Waals surface area contributed by atoms with Crippen LogP contribution in [0.15, 0.2) is 18.2 Å². The van der Waals surface area contributed by atoms with E-state index in [0.717, 1.165) is 37.4 Å². The summed E-state index contributed by atoms with van der Waals surface area (Å²) >= 11 is 0. The number of aliphatic hydroxyl groups excluding tert-OH is 1. The molecular formula is C16H26ClNO3. The third kappa shape index (κ3) is 6.22. The topological polar surface area (TPSA) is 50.7 Å². The Kier molecular flexibility index (Phi) is 8.04. The van der Waals surface area contributed by atoms with Gasteiger partial charge in [0.1, 0.15) is 18.5 Å². The van der Waals surface area contributed by atoms with Crippen LogP contribution in [-0.4, -0.2) is 43.6 Å². The highest BCUT2D eigenvalue weighted by Gasteiger charge is 2.15. The molecule has 120 valence electrons. The number of aryl methyl sites for hydroxylation is 2. The number of aliphatic hydroxyl groups is 1. The predicted molar refractivity (Wildman–Crippen MR) is 86.5 cm³/mol. The van der Waals surface area contributed by atoms with Gasteiger partial charge in [-0.2, -0.15) is 0 Å². The van der Waals surface area contributed by atoms with Gasteiger partial charge in [-0.3, -0.25) is 0 Å². The Bertz CT molecular complexity index is 422. The van der Waals surface area contributed by atoms with Gasteiger partial charge in [-0.1, -0.05) is 17.7 Å². The van der Waals surface area contributed by atoms with E-state index in [2.05, 4.69) is 18.3 Å². The van der Waals surface area contributed by atoms with Crippen molar-refractivity contribution in [2.24, 2.45) is 0 Å². The van der Waals surface area contributed by atoms with Crippen LogP contribution >= 0.6 is 12.4 Å². The second-order valence-corrected chi connectivity index (χ2v) is 5.53. The molecule has 4 nitrogen and oxygen atoms in total. The highest BCUT2D eigenvalue weighted by atomic mass is 35.5. The molecule has 21 heavy (non-hydrogen) atoms. The summed E-state index contributed by atoms with van der Waals surface area (Å²) in [6.07, 6.45) is 1.55. The minimum absolute atomic E-state index is 0. The van der Waals surface area contributed by atoms with Crippen LogP contribution in [0, 0.1) is 13.8 Å². The number of halogens is 1. The maximum Gasteiger partial charge on any atom is 0.122 e. The number of hydrogen-bond acceptors (Lipinski definition) is 4. The Hall–Kier alpha value is -0.810. The molecule has 0 aromatic heterocycles. The number of ether oxygens (including phenoxy) is 2. The van der Waals surface area contributed by atoms with Crippen LogP contribution in [0.1, 0.15) is 24.0 Å². The average molecular weight is 316 g/mol. The number of nitrogens with one attached hydrogen (secondary N) is 1. The van der Waals surface area contributed by atoms with E-state index in [-0.39, 0.29) is 12.4 Å². The van der Waals surface area contributed by atoms with E-state index in [4.69, 9.17) is 9.47 Å². The molecule has 2 N–H and O–H groups in total. The second-order valence-electron chi connectivity index (χ2n) is 5.53. The van der Waals surface area contributed by atoms with Crippen molar-refractivity contribution in [3.05, 3.63) is 29.3 Å². The molecule has 1 heterocycles. The lowest BCUT2D eigenvalue weighted by Gasteiger charge is -2.24. The molecule has 2 rings (SSSR count). The predicted octanol–water partition coefficient (Wildman–Crippen LogP) is 2.23. The lowest BCUT2D eigenvalue weighted by molar-refractivity contribution is 0.0654. The van der Waals surface area contributed by atoms with E-state index in [9.17, 15) is 5.11 Å². The monoisotopic (exact) mass is 315 g/mol. The Morgan fingerprint density at radius 1 is 1.33 bits per heavy atom. The fraction of sp³-hybridized carbons (Fsp3) is 0.625. The van der Waals surface area contributed by atoms with Crippen molar-refractivity contribution in [3.63, 3.8) is 0 Å². The van der Waals surface area contributed by atoms with Gasteiger partial charge < -0.3 is 19.9 Å². The van der Waals surface area contributed by atoms with Gasteiger partial charge >= 0.3 is 0 Å². The summed E-state index contributed by atoms with van der Waals surface area (Å²) in [6, 6.07) is 6.53. The van der Waals surface area contributed by atoms with Crippen LogP contribution in [0.5, 0.6) is 5.75 Å². The van der Waals surface area contributed by atoms with Crippen molar-refractivity contribution >= 4 is 12.4 Å². The molecule has 1 aliphatic rings. The van der Waals surface area contributed by atoms with Crippen LogP contribution in [0.3, 0.4) is 0 Å². The summed E-state index contributed by atoms with van der Waals surface area (Å²) in [5, 5.41) is 13.3. The molecule has 1 aromatic rings. The first-order chi connectivity index (χ1) is 9.65. The van der Waals surface area contributed by atoms with E-state index >= 15 is 0 Å².